The zero-order valence-electron chi connectivity index (χ0n) is 13.8. The van der Waals surface area contributed by atoms with Crippen LogP contribution in [-0.4, -0.2) is 22.3 Å². The predicted molar refractivity (Wildman–Crippen MR) is 102 cm³/mol. The number of carbonyl (C=O) groups is 1. The first-order valence-electron chi connectivity index (χ1n) is 8.20. The molecule has 1 amide bonds. The third-order valence-electron chi connectivity index (χ3n) is 4.20. The Bertz CT molecular complexity index is 1130. The maximum atomic E-state index is 12.0. The topological polar surface area (TPSA) is 90.1 Å². The number of hydrazone groups is 1. The van der Waals surface area contributed by atoms with Gasteiger partial charge in [0, 0.05) is 17.3 Å². The number of nitrogens with one attached hydrogen (secondary N) is 3. The molecule has 0 aliphatic carbocycles. The van der Waals surface area contributed by atoms with Crippen molar-refractivity contribution in [2.75, 3.05) is 0 Å². The molecule has 0 fully saturated rings. The minimum atomic E-state index is -0.305. The molecule has 0 bridgehead atoms. The molecule has 0 radical (unpaired) electrons. The lowest BCUT2D eigenvalue weighted by molar-refractivity contribution is -0.120. The monoisotopic (exact) mass is 344 g/mol. The maximum Gasteiger partial charge on any atom is 0.264 e. The van der Waals surface area contributed by atoms with Crippen molar-refractivity contribution in [1.29, 1.82) is 0 Å². The molecule has 0 atom stereocenters. The number of H-pyrrole nitrogens is 2. The van der Waals surface area contributed by atoms with Crippen LogP contribution in [0.25, 0.3) is 21.5 Å². The third kappa shape index (κ3) is 3.12. The van der Waals surface area contributed by atoms with Gasteiger partial charge in [0.25, 0.3) is 5.56 Å². The summed E-state index contributed by atoms with van der Waals surface area (Å²) in [7, 11) is 0. The van der Waals surface area contributed by atoms with Gasteiger partial charge in [-0.3, -0.25) is 14.7 Å². The second-order valence-corrected chi connectivity index (χ2v) is 5.99. The second kappa shape index (κ2) is 6.68. The van der Waals surface area contributed by atoms with Crippen molar-refractivity contribution in [3.05, 3.63) is 82.3 Å². The molecule has 3 aromatic carbocycles. The number of amides is 1. The van der Waals surface area contributed by atoms with Crippen molar-refractivity contribution < 1.29 is 4.79 Å². The van der Waals surface area contributed by atoms with Gasteiger partial charge >= 0.3 is 0 Å². The maximum absolute atomic E-state index is 12.0. The first kappa shape index (κ1) is 15.8. The minimum Gasteiger partial charge on any atom is -0.302 e. The van der Waals surface area contributed by atoms with Gasteiger partial charge in [-0.05, 0) is 27.6 Å². The molecule has 0 saturated carbocycles. The molecule has 0 unspecified atom stereocenters. The molecule has 1 aromatic heterocycles. The van der Waals surface area contributed by atoms with Gasteiger partial charge in [0.2, 0.25) is 5.91 Å². The number of fused-ring (bicyclic) bond motifs is 2. The number of carbonyl (C=O) groups excluding carboxylic acids is 1. The highest BCUT2D eigenvalue weighted by atomic mass is 16.2. The highest BCUT2D eigenvalue weighted by molar-refractivity contribution is 6.13. The Morgan fingerprint density at radius 3 is 2.23 bits per heavy atom. The Kier molecular flexibility index (Phi) is 4.07. The van der Waals surface area contributed by atoms with E-state index in [1.165, 1.54) is 6.07 Å². The summed E-state index contributed by atoms with van der Waals surface area (Å²) in [6.45, 7) is 0. The van der Waals surface area contributed by atoms with E-state index >= 15 is 0 Å². The van der Waals surface area contributed by atoms with Crippen LogP contribution in [0.2, 0.25) is 0 Å². The van der Waals surface area contributed by atoms with Crippen molar-refractivity contribution >= 4 is 33.7 Å². The lowest BCUT2D eigenvalue weighted by Crippen LogP contribution is -2.20. The van der Waals surface area contributed by atoms with Gasteiger partial charge in [-0.15, -0.1) is 0 Å². The Labute approximate surface area is 148 Å². The number of rotatable bonds is 4. The minimum absolute atomic E-state index is 0.0480. The molecule has 3 N–H and O–H groups in total. The lowest BCUT2D eigenvalue weighted by atomic mass is 9.97. The molecule has 4 rings (SSSR count). The van der Waals surface area contributed by atoms with Gasteiger partial charge in [-0.1, -0.05) is 48.5 Å². The van der Waals surface area contributed by atoms with E-state index in [0.717, 1.165) is 27.1 Å². The van der Waals surface area contributed by atoms with E-state index in [2.05, 4.69) is 38.9 Å². The molecule has 0 spiro atoms. The van der Waals surface area contributed by atoms with Crippen LogP contribution in [0.1, 0.15) is 11.3 Å². The smallest absolute Gasteiger partial charge is 0.264 e. The highest BCUT2D eigenvalue weighted by Crippen LogP contribution is 2.27. The van der Waals surface area contributed by atoms with E-state index in [1.54, 1.807) is 6.21 Å². The summed E-state index contributed by atoms with van der Waals surface area (Å²) in [6.07, 6.45) is 1.72. The van der Waals surface area contributed by atoms with Gasteiger partial charge in [0.15, 0.2) is 0 Å². The van der Waals surface area contributed by atoms with Crippen LogP contribution in [0.3, 0.4) is 0 Å². The molecular formula is C20H16N4O2. The van der Waals surface area contributed by atoms with Crippen LogP contribution >= 0.6 is 0 Å². The summed E-state index contributed by atoms with van der Waals surface area (Å²) < 4.78 is 0. The molecule has 26 heavy (non-hydrogen) atoms. The average Bonchev–Trinajstić information content (AvgIpc) is 3.05. The van der Waals surface area contributed by atoms with Gasteiger partial charge in [-0.2, -0.15) is 5.10 Å². The van der Waals surface area contributed by atoms with Crippen molar-refractivity contribution in [1.82, 2.24) is 15.6 Å². The number of nitrogens with zero attached hydrogens (tertiary/aromatic N) is 1. The lowest BCUT2D eigenvalue weighted by Gasteiger charge is -2.07. The standard InChI is InChI=1S/C20H16N4O2/c25-19(10-15-11-20(26)24-22-15)23-21-12-18-16-7-3-1-5-13(16)9-14-6-2-4-8-17(14)18/h1-9,11-12H,10H2,(H,23,25)(H2,22,24,26)/b21-12-. The number of benzene rings is 3. The molecule has 6 nitrogen and oxygen atoms in total. The number of aromatic amines is 2. The van der Waals surface area contributed by atoms with Crippen LogP contribution < -0.4 is 11.0 Å². The van der Waals surface area contributed by atoms with Crippen molar-refractivity contribution in [2.24, 2.45) is 5.10 Å². The number of hydrogen-bond donors (Lipinski definition) is 3. The Morgan fingerprint density at radius 2 is 1.62 bits per heavy atom. The summed E-state index contributed by atoms with van der Waals surface area (Å²) in [6, 6.07) is 19.6. The van der Waals surface area contributed by atoms with Crippen molar-refractivity contribution in [3.63, 3.8) is 0 Å². The SMILES string of the molecule is O=C(Cc1cc(=O)[nH][nH]1)N/N=C\c1c2ccccc2cc2ccccc12. The molecule has 1 heterocycles. The van der Waals surface area contributed by atoms with E-state index in [4.69, 9.17) is 0 Å². The molecule has 128 valence electrons. The van der Waals surface area contributed by atoms with Gasteiger partial charge in [-0.25, -0.2) is 5.43 Å². The summed E-state index contributed by atoms with van der Waals surface area (Å²) in [4.78, 5) is 23.0. The fourth-order valence-electron chi connectivity index (χ4n) is 3.04. The summed E-state index contributed by atoms with van der Waals surface area (Å²) in [5.41, 5.74) is 3.71. The first-order valence-corrected chi connectivity index (χ1v) is 8.20. The summed E-state index contributed by atoms with van der Waals surface area (Å²) in [5, 5.41) is 13.5. The summed E-state index contributed by atoms with van der Waals surface area (Å²) >= 11 is 0. The molecule has 4 aromatic rings. The van der Waals surface area contributed by atoms with Crippen LogP contribution in [0.15, 0.2) is 70.6 Å². The van der Waals surface area contributed by atoms with Gasteiger partial charge in [0.1, 0.15) is 0 Å². The van der Waals surface area contributed by atoms with E-state index in [0.29, 0.717) is 5.69 Å². The molecular weight excluding hydrogens is 328 g/mol. The predicted octanol–water partition coefficient (Wildman–Crippen LogP) is 2.70. The number of hydrogen-bond acceptors (Lipinski definition) is 3. The second-order valence-electron chi connectivity index (χ2n) is 5.99. The summed E-state index contributed by atoms with van der Waals surface area (Å²) in [5.74, 6) is -0.305. The Balaban J connectivity index is 1.63. The largest absolute Gasteiger partial charge is 0.302 e. The van der Waals surface area contributed by atoms with Crippen LogP contribution in [0, 0.1) is 0 Å². The van der Waals surface area contributed by atoms with E-state index in [1.807, 2.05) is 36.4 Å². The normalized spacial score (nSPS) is 11.4. The fraction of sp³-hybridized carbons (Fsp3) is 0.0500. The third-order valence-corrected chi connectivity index (χ3v) is 4.20. The average molecular weight is 344 g/mol. The van der Waals surface area contributed by atoms with Crippen molar-refractivity contribution in [2.45, 2.75) is 6.42 Å². The van der Waals surface area contributed by atoms with Gasteiger partial charge in [0.05, 0.1) is 12.6 Å². The van der Waals surface area contributed by atoms with E-state index in [9.17, 15) is 9.59 Å². The van der Waals surface area contributed by atoms with Gasteiger partial charge < -0.3 is 5.10 Å². The van der Waals surface area contributed by atoms with Crippen molar-refractivity contribution in [3.8, 4) is 0 Å². The Morgan fingerprint density at radius 1 is 0.962 bits per heavy atom. The van der Waals surface area contributed by atoms with E-state index in [-0.39, 0.29) is 17.9 Å². The first-order chi connectivity index (χ1) is 12.7. The zero-order valence-corrected chi connectivity index (χ0v) is 13.8. The Hall–Kier alpha value is -3.67. The quantitative estimate of drug-likeness (QED) is 0.302. The van der Waals surface area contributed by atoms with E-state index < -0.39 is 0 Å². The molecule has 6 heteroatoms. The molecule has 0 aliphatic rings. The molecule has 0 aliphatic heterocycles. The number of aromatic nitrogens is 2. The fourth-order valence-corrected chi connectivity index (χ4v) is 3.04. The molecule has 0 saturated heterocycles. The zero-order chi connectivity index (χ0) is 17.9. The highest BCUT2D eigenvalue weighted by Gasteiger charge is 2.07. The van der Waals surface area contributed by atoms with Crippen LogP contribution in [0.5, 0.6) is 0 Å². The van der Waals surface area contributed by atoms with Crippen LogP contribution in [-0.2, 0) is 11.2 Å². The van der Waals surface area contributed by atoms with Crippen LogP contribution in [0.4, 0.5) is 0 Å².